The summed E-state index contributed by atoms with van der Waals surface area (Å²) in [6.45, 7) is 12.1. The Morgan fingerprint density at radius 2 is 1.94 bits per heavy atom. The van der Waals surface area contributed by atoms with E-state index in [0.717, 1.165) is 32.1 Å². The minimum Gasteiger partial charge on any atom is -0.451 e. The van der Waals surface area contributed by atoms with E-state index < -0.39 is 29.2 Å². The summed E-state index contributed by atoms with van der Waals surface area (Å²) in [5, 5.41) is 23.7. The van der Waals surface area contributed by atoms with Gasteiger partial charge in [-0.2, -0.15) is 0 Å². The smallest absolute Gasteiger partial charge is 0.331 e. The lowest BCUT2D eigenvalue weighted by Crippen LogP contribution is -2.65. The van der Waals surface area contributed by atoms with Crippen molar-refractivity contribution in [3.63, 3.8) is 0 Å². The maximum absolute atomic E-state index is 14.2. The number of ether oxygens (including phenoxy) is 1. The lowest BCUT2D eigenvalue weighted by Gasteiger charge is -2.48. The first-order valence-corrected chi connectivity index (χ1v) is 12.6. The van der Waals surface area contributed by atoms with Crippen LogP contribution in [-0.4, -0.2) is 39.8 Å². The lowest BCUT2D eigenvalue weighted by molar-refractivity contribution is -0.200. The third-order valence-electron chi connectivity index (χ3n) is 9.31. The average Bonchev–Trinajstić information content (AvgIpc) is 3.24. The first-order valence-electron chi connectivity index (χ1n) is 12.6. The number of esters is 1. The molecule has 4 aliphatic carbocycles. The van der Waals surface area contributed by atoms with Crippen molar-refractivity contribution in [1.29, 1.82) is 0 Å². The van der Waals surface area contributed by atoms with Crippen molar-refractivity contribution in [3.05, 3.63) is 35.5 Å². The molecule has 182 valence electrons. The molecule has 0 amide bonds. The van der Waals surface area contributed by atoms with Crippen LogP contribution in [0.5, 0.6) is 0 Å². The van der Waals surface area contributed by atoms with Crippen LogP contribution >= 0.6 is 0 Å². The van der Waals surface area contributed by atoms with Gasteiger partial charge in [0.25, 0.3) is 0 Å². The zero-order chi connectivity index (χ0) is 24.3. The number of carbonyl (C=O) groups is 2. The third-order valence-corrected chi connectivity index (χ3v) is 9.31. The number of hydrogen-bond donors (Lipinski definition) is 2. The van der Waals surface area contributed by atoms with Gasteiger partial charge in [-0.05, 0) is 67.4 Å². The van der Waals surface area contributed by atoms with E-state index in [9.17, 15) is 19.8 Å². The van der Waals surface area contributed by atoms with Crippen LogP contribution in [0.2, 0.25) is 0 Å². The fourth-order valence-corrected chi connectivity index (χ4v) is 7.42. The molecule has 8 atom stereocenters. The predicted molar refractivity (Wildman–Crippen MR) is 127 cm³/mol. The average molecular weight is 457 g/mol. The van der Waals surface area contributed by atoms with E-state index in [1.54, 1.807) is 19.9 Å². The van der Waals surface area contributed by atoms with Crippen molar-refractivity contribution in [1.82, 2.24) is 0 Å². The standard InChI is InChI=1S/C28H40O5/c1-7-8-9-10-11-12-21(29)33-25-17(3)15-27-18(4)14-20-22(26(20,5)6)19(24(27)31)13-16(2)23(30)28(25,27)32/h11-13,15,18-20,22-23,25,30,32H,7-10,14H2,1-6H3/t18-,19+,20-,22+,23-,25+,27+,28+/m1/s1. The van der Waals surface area contributed by atoms with Gasteiger partial charge in [-0.1, -0.05) is 58.8 Å². The van der Waals surface area contributed by atoms with Gasteiger partial charge in [-0.3, -0.25) is 4.79 Å². The van der Waals surface area contributed by atoms with Crippen molar-refractivity contribution < 1.29 is 24.5 Å². The fourth-order valence-electron chi connectivity index (χ4n) is 7.42. The molecule has 2 fully saturated rings. The summed E-state index contributed by atoms with van der Waals surface area (Å²) in [4.78, 5) is 26.9. The Kier molecular flexibility index (Phi) is 6.06. The van der Waals surface area contributed by atoms with Crippen molar-refractivity contribution in [3.8, 4) is 0 Å². The molecule has 1 spiro atoms. The molecule has 0 heterocycles. The molecule has 0 radical (unpaired) electrons. The van der Waals surface area contributed by atoms with Crippen molar-refractivity contribution in [2.24, 2.45) is 34.5 Å². The number of allylic oxidation sites excluding steroid dienone is 2. The molecule has 4 rings (SSSR count). The Labute approximate surface area is 198 Å². The zero-order valence-electron chi connectivity index (χ0n) is 20.9. The number of aliphatic hydroxyl groups is 2. The van der Waals surface area contributed by atoms with Crippen LogP contribution in [-0.2, 0) is 14.3 Å². The summed E-state index contributed by atoms with van der Waals surface area (Å²) in [5.41, 5.74) is -1.93. The van der Waals surface area contributed by atoms with Gasteiger partial charge in [-0.15, -0.1) is 0 Å². The van der Waals surface area contributed by atoms with E-state index >= 15 is 0 Å². The number of hydrogen-bond acceptors (Lipinski definition) is 5. The Morgan fingerprint density at radius 1 is 1.24 bits per heavy atom. The summed E-state index contributed by atoms with van der Waals surface area (Å²) in [6.07, 6.45) is 9.33. The molecule has 33 heavy (non-hydrogen) atoms. The van der Waals surface area contributed by atoms with Gasteiger partial charge in [0.05, 0.1) is 5.41 Å². The molecule has 0 saturated heterocycles. The maximum atomic E-state index is 14.2. The highest BCUT2D eigenvalue weighted by Crippen LogP contribution is 2.71. The van der Waals surface area contributed by atoms with Crippen LogP contribution < -0.4 is 0 Å². The topological polar surface area (TPSA) is 83.8 Å². The van der Waals surface area contributed by atoms with E-state index in [1.807, 2.05) is 19.1 Å². The van der Waals surface area contributed by atoms with E-state index in [1.165, 1.54) is 6.08 Å². The molecular weight excluding hydrogens is 416 g/mol. The number of fused-ring (bicyclic) bond motifs is 3. The monoisotopic (exact) mass is 456 g/mol. The number of unbranched alkanes of at least 4 members (excludes halogenated alkanes) is 3. The molecule has 5 heteroatoms. The zero-order valence-corrected chi connectivity index (χ0v) is 20.9. The second-order valence-corrected chi connectivity index (χ2v) is 11.6. The molecule has 2 bridgehead atoms. The fraction of sp³-hybridized carbons (Fsp3) is 0.714. The molecular formula is C28H40O5. The van der Waals surface area contributed by atoms with Crippen LogP contribution in [0, 0.1) is 34.5 Å². The van der Waals surface area contributed by atoms with Gasteiger partial charge in [0.2, 0.25) is 0 Å². The van der Waals surface area contributed by atoms with E-state index in [-0.39, 0.29) is 29.0 Å². The summed E-state index contributed by atoms with van der Waals surface area (Å²) in [7, 11) is 0. The second-order valence-electron chi connectivity index (χ2n) is 11.6. The Bertz CT molecular complexity index is 927. The van der Waals surface area contributed by atoms with Gasteiger partial charge < -0.3 is 14.9 Å². The minimum atomic E-state index is -1.92. The maximum Gasteiger partial charge on any atom is 0.331 e. The van der Waals surface area contributed by atoms with Crippen molar-refractivity contribution in [2.45, 2.75) is 91.5 Å². The van der Waals surface area contributed by atoms with Crippen LogP contribution in [0.4, 0.5) is 0 Å². The SMILES string of the molecule is CCCCCC=CC(=O)O[C@H]1C(C)=C[C@]23C(=O)[C@@H](C=C(C)[C@@H](O)[C@]12O)[C@H]1[C@@H](C[C@H]3C)C1(C)C. The molecule has 0 unspecified atom stereocenters. The molecule has 4 aliphatic rings. The van der Waals surface area contributed by atoms with Gasteiger partial charge in [0, 0.05) is 12.0 Å². The lowest BCUT2D eigenvalue weighted by atomic mass is 9.59. The number of aliphatic hydroxyl groups excluding tert-OH is 1. The van der Waals surface area contributed by atoms with Crippen LogP contribution in [0.25, 0.3) is 0 Å². The number of ketones is 1. The van der Waals surface area contributed by atoms with Crippen molar-refractivity contribution >= 4 is 11.8 Å². The minimum absolute atomic E-state index is 0.0421. The summed E-state index contributed by atoms with van der Waals surface area (Å²) in [5.74, 6) is -0.535. The predicted octanol–water partition coefficient (Wildman–Crippen LogP) is 4.53. The van der Waals surface area contributed by atoms with Crippen LogP contribution in [0.15, 0.2) is 35.5 Å². The largest absolute Gasteiger partial charge is 0.451 e. The molecule has 0 aliphatic heterocycles. The van der Waals surface area contributed by atoms with Gasteiger partial charge in [-0.25, -0.2) is 4.79 Å². The van der Waals surface area contributed by atoms with E-state index in [4.69, 9.17) is 4.74 Å². The molecule has 2 N–H and O–H groups in total. The van der Waals surface area contributed by atoms with Crippen LogP contribution in [0.1, 0.15) is 73.6 Å². The molecule has 2 saturated carbocycles. The quantitative estimate of drug-likeness (QED) is 0.266. The first kappa shape index (κ1) is 24.4. The summed E-state index contributed by atoms with van der Waals surface area (Å²) < 4.78 is 5.80. The van der Waals surface area contributed by atoms with Crippen molar-refractivity contribution in [2.75, 3.05) is 0 Å². The molecule has 5 nitrogen and oxygen atoms in total. The van der Waals surface area contributed by atoms with E-state index in [0.29, 0.717) is 17.1 Å². The van der Waals surface area contributed by atoms with Gasteiger partial charge >= 0.3 is 5.97 Å². The van der Waals surface area contributed by atoms with Gasteiger partial charge in [0.15, 0.2) is 17.5 Å². The number of rotatable bonds is 6. The normalized spacial score (nSPS) is 43.2. The Balaban J connectivity index is 1.70. The van der Waals surface area contributed by atoms with E-state index in [2.05, 4.69) is 20.8 Å². The number of Topliss-reactive ketones (excluding diaryl/α,β-unsaturated/α-hetero) is 1. The Morgan fingerprint density at radius 3 is 2.61 bits per heavy atom. The number of carbonyl (C=O) groups excluding carboxylic acids is 2. The highest BCUT2D eigenvalue weighted by Gasteiger charge is 2.76. The second kappa shape index (κ2) is 8.20. The molecule has 0 aromatic heterocycles. The molecule has 0 aromatic carbocycles. The highest BCUT2D eigenvalue weighted by molar-refractivity contribution is 5.95. The summed E-state index contributed by atoms with van der Waals surface area (Å²) in [6, 6.07) is 0. The highest BCUT2D eigenvalue weighted by atomic mass is 16.6. The van der Waals surface area contributed by atoms with Crippen LogP contribution in [0.3, 0.4) is 0 Å². The summed E-state index contributed by atoms with van der Waals surface area (Å²) >= 11 is 0. The van der Waals surface area contributed by atoms with Gasteiger partial charge in [0.1, 0.15) is 6.10 Å². The Hall–Kier alpha value is -1.72. The third kappa shape index (κ3) is 3.33. The first-order chi connectivity index (χ1) is 15.4. The molecule has 0 aromatic rings.